The van der Waals surface area contributed by atoms with Gasteiger partial charge in [0.2, 0.25) is 0 Å². The van der Waals surface area contributed by atoms with Crippen molar-refractivity contribution in [2.45, 2.75) is 19.3 Å². The third-order valence-electron chi connectivity index (χ3n) is 3.96. The van der Waals surface area contributed by atoms with E-state index in [4.69, 9.17) is 21.3 Å². The van der Waals surface area contributed by atoms with E-state index in [9.17, 15) is 4.79 Å². The van der Waals surface area contributed by atoms with Gasteiger partial charge in [-0.2, -0.15) is 0 Å². The summed E-state index contributed by atoms with van der Waals surface area (Å²) < 4.78 is 4.88. The van der Waals surface area contributed by atoms with Gasteiger partial charge in [0.1, 0.15) is 0 Å². The molecule has 0 N–H and O–H groups in total. The van der Waals surface area contributed by atoms with Gasteiger partial charge in [-0.3, -0.25) is 4.98 Å². The maximum absolute atomic E-state index is 12.0. The van der Waals surface area contributed by atoms with Crippen LogP contribution in [0.3, 0.4) is 0 Å². The number of hydrogen-bond acceptors (Lipinski definition) is 4. The van der Waals surface area contributed by atoms with Crippen molar-refractivity contribution in [2.24, 2.45) is 0 Å². The van der Waals surface area contributed by atoms with Crippen LogP contribution < -0.4 is 4.90 Å². The Morgan fingerprint density at radius 3 is 2.76 bits per heavy atom. The minimum Gasteiger partial charge on any atom is -0.465 e. The lowest BCUT2D eigenvalue weighted by Gasteiger charge is -2.18. The molecule has 4 nitrogen and oxygen atoms in total. The molecule has 0 radical (unpaired) electrons. The van der Waals surface area contributed by atoms with Gasteiger partial charge in [-0.1, -0.05) is 11.6 Å². The van der Waals surface area contributed by atoms with Crippen molar-refractivity contribution in [3.63, 3.8) is 0 Å². The summed E-state index contributed by atoms with van der Waals surface area (Å²) in [6.07, 6.45) is 2.92. The number of aromatic nitrogens is 1. The highest BCUT2D eigenvalue weighted by atomic mass is 35.5. The Labute approximate surface area is 128 Å². The van der Waals surface area contributed by atoms with Crippen LogP contribution in [0.1, 0.15) is 28.0 Å². The molecule has 21 heavy (non-hydrogen) atoms. The van der Waals surface area contributed by atoms with Crippen molar-refractivity contribution in [1.82, 2.24) is 4.98 Å². The molecule has 0 amide bonds. The Kier molecular flexibility index (Phi) is 3.49. The van der Waals surface area contributed by atoms with Crippen molar-refractivity contribution in [1.29, 1.82) is 0 Å². The van der Waals surface area contributed by atoms with Gasteiger partial charge >= 0.3 is 5.97 Å². The number of anilines is 1. The number of methoxy groups -OCH3 is 1. The van der Waals surface area contributed by atoms with E-state index in [2.05, 4.69) is 0 Å². The van der Waals surface area contributed by atoms with Crippen molar-refractivity contribution >= 4 is 34.2 Å². The van der Waals surface area contributed by atoms with Crippen molar-refractivity contribution in [2.75, 3.05) is 26.1 Å². The van der Waals surface area contributed by atoms with E-state index in [1.807, 2.05) is 25.1 Å². The highest BCUT2D eigenvalue weighted by Crippen LogP contribution is 2.38. The Balaban J connectivity index is 2.42. The third-order valence-corrected chi connectivity index (χ3v) is 4.38. The monoisotopic (exact) mass is 304 g/mol. The summed E-state index contributed by atoms with van der Waals surface area (Å²) in [5.41, 5.74) is 4.33. The third kappa shape index (κ3) is 2.14. The minimum atomic E-state index is -0.382. The molecule has 0 aliphatic heterocycles. The molecule has 2 aromatic rings. The molecular weight excluding hydrogens is 288 g/mol. The van der Waals surface area contributed by atoms with Crippen LogP contribution in [-0.4, -0.2) is 32.2 Å². The van der Waals surface area contributed by atoms with E-state index in [1.165, 1.54) is 7.11 Å². The van der Waals surface area contributed by atoms with E-state index in [1.54, 1.807) is 6.07 Å². The summed E-state index contributed by atoms with van der Waals surface area (Å²) >= 11 is 6.60. The van der Waals surface area contributed by atoms with Gasteiger partial charge in [-0.05, 0) is 37.0 Å². The number of halogens is 1. The summed E-state index contributed by atoms with van der Waals surface area (Å²) in [4.78, 5) is 18.8. The predicted octanol–water partition coefficient (Wildman–Crippen LogP) is 3.23. The first-order valence-electron chi connectivity index (χ1n) is 6.94. The van der Waals surface area contributed by atoms with E-state index < -0.39 is 0 Å². The molecule has 5 heteroatoms. The molecule has 1 heterocycles. The number of benzene rings is 1. The molecule has 110 valence electrons. The molecule has 1 aliphatic carbocycles. The molecule has 1 aromatic carbocycles. The average molecular weight is 305 g/mol. The second kappa shape index (κ2) is 5.19. The van der Waals surface area contributed by atoms with E-state index in [-0.39, 0.29) is 5.97 Å². The summed E-state index contributed by atoms with van der Waals surface area (Å²) in [6, 6.07) is 3.65. The lowest BCUT2D eigenvalue weighted by atomic mass is 10.0. The Morgan fingerprint density at radius 2 is 2.10 bits per heavy atom. The van der Waals surface area contributed by atoms with Gasteiger partial charge in [0.25, 0.3) is 0 Å². The number of pyridine rings is 1. The van der Waals surface area contributed by atoms with Crippen LogP contribution in [-0.2, 0) is 17.6 Å². The quantitative estimate of drug-likeness (QED) is 0.799. The zero-order chi connectivity index (χ0) is 15.1. The van der Waals surface area contributed by atoms with Crippen LogP contribution in [0.4, 0.5) is 5.69 Å². The van der Waals surface area contributed by atoms with Gasteiger partial charge < -0.3 is 9.64 Å². The van der Waals surface area contributed by atoms with Crippen molar-refractivity contribution < 1.29 is 9.53 Å². The molecule has 0 unspecified atom stereocenters. The highest BCUT2D eigenvalue weighted by Gasteiger charge is 2.24. The lowest BCUT2D eigenvalue weighted by Crippen LogP contribution is -2.12. The number of carbonyl (C=O) groups is 1. The fraction of sp³-hybridized carbons (Fsp3) is 0.375. The largest absolute Gasteiger partial charge is 0.465 e. The lowest BCUT2D eigenvalue weighted by molar-refractivity contribution is 0.0603. The van der Waals surface area contributed by atoms with E-state index in [0.29, 0.717) is 16.0 Å². The SMILES string of the molecule is COC(=O)c1ccc(N(C)C)c2nc3c(c(Cl)c12)CCC3. The molecule has 3 rings (SSSR count). The van der Waals surface area contributed by atoms with Crippen LogP contribution in [0.15, 0.2) is 12.1 Å². The maximum Gasteiger partial charge on any atom is 0.338 e. The number of aryl methyl sites for hydroxylation is 1. The Morgan fingerprint density at radius 1 is 1.33 bits per heavy atom. The first kappa shape index (κ1) is 14.1. The second-order valence-electron chi connectivity index (χ2n) is 5.45. The smallest absolute Gasteiger partial charge is 0.338 e. The maximum atomic E-state index is 12.0. The summed E-state index contributed by atoms with van der Waals surface area (Å²) in [6.45, 7) is 0. The average Bonchev–Trinajstić information content (AvgIpc) is 2.94. The first-order valence-corrected chi connectivity index (χ1v) is 7.32. The molecule has 0 atom stereocenters. The summed E-state index contributed by atoms with van der Waals surface area (Å²) in [7, 11) is 5.29. The van der Waals surface area contributed by atoms with Crippen molar-refractivity contribution in [3.05, 3.63) is 34.0 Å². The zero-order valence-electron chi connectivity index (χ0n) is 12.4. The number of esters is 1. The van der Waals surface area contributed by atoms with Gasteiger partial charge in [-0.15, -0.1) is 0 Å². The number of carbonyl (C=O) groups excluding carboxylic acids is 1. The van der Waals surface area contributed by atoms with Gasteiger partial charge in [-0.25, -0.2) is 4.79 Å². The van der Waals surface area contributed by atoms with Gasteiger partial charge in [0.15, 0.2) is 0 Å². The number of ether oxygens (including phenoxy) is 1. The highest BCUT2D eigenvalue weighted by molar-refractivity contribution is 6.38. The number of fused-ring (bicyclic) bond motifs is 2. The molecule has 1 aromatic heterocycles. The molecule has 0 saturated heterocycles. The molecule has 0 saturated carbocycles. The summed E-state index contributed by atoms with van der Waals surface area (Å²) in [5.74, 6) is -0.382. The van der Waals surface area contributed by atoms with Crippen LogP contribution >= 0.6 is 11.6 Å². The number of nitrogens with zero attached hydrogens (tertiary/aromatic N) is 2. The fourth-order valence-corrected chi connectivity index (χ4v) is 3.32. The zero-order valence-corrected chi connectivity index (χ0v) is 13.1. The van der Waals surface area contributed by atoms with E-state index in [0.717, 1.165) is 41.7 Å². The predicted molar refractivity (Wildman–Crippen MR) is 84.4 cm³/mol. The topological polar surface area (TPSA) is 42.4 Å². The molecule has 0 bridgehead atoms. The first-order chi connectivity index (χ1) is 10.0. The van der Waals surface area contributed by atoms with Crippen LogP contribution in [0, 0.1) is 0 Å². The van der Waals surface area contributed by atoms with Crippen molar-refractivity contribution in [3.8, 4) is 0 Å². The standard InChI is InChI=1S/C16H17ClN2O2/c1-19(2)12-8-7-10(16(20)21-3)13-14(17)9-5-4-6-11(9)18-15(12)13/h7-8H,4-6H2,1-3H3. The van der Waals surface area contributed by atoms with Gasteiger partial charge in [0, 0.05) is 25.2 Å². The Hall–Kier alpha value is -1.81. The molecule has 0 fully saturated rings. The Bertz CT molecular complexity index is 741. The number of rotatable bonds is 2. The van der Waals surface area contributed by atoms with E-state index >= 15 is 0 Å². The second-order valence-corrected chi connectivity index (χ2v) is 5.82. The number of hydrogen-bond donors (Lipinski definition) is 0. The molecular formula is C16H17ClN2O2. The summed E-state index contributed by atoms with van der Waals surface area (Å²) in [5, 5.41) is 1.35. The van der Waals surface area contributed by atoms with Gasteiger partial charge in [0.05, 0.1) is 28.9 Å². The van der Waals surface area contributed by atoms with Crippen LogP contribution in [0.25, 0.3) is 10.9 Å². The molecule has 0 spiro atoms. The van der Waals surface area contributed by atoms with Crippen LogP contribution in [0.2, 0.25) is 5.02 Å². The normalized spacial score (nSPS) is 13.3. The fourth-order valence-electron chi connectivity index (χ4n) is 2.93. The molecule has 1 aliphatic rings. The minimum absolute atomic E-state index is 0.382. The van der Waals surface area contributed by atoms with Crippen LogP contribution in [0.5, 0.6) is 0 Å².